The van der Waals surface area contributed by atoms with Crippen LogP contribution in [0, 0.1) is 6.92 Å². The van der Waals surface area contributed by atoms with Gasteiger partial charge in [0.1, 0.15) is 17.0 Å². The SMILES string of the molecule is COc1ccc2[nH]c(SC)nc2c1-c1nccc(OCC(F)(F)F)c1C. The van der Waals surface area contributed by atoms with Gasteiger partial charge in [0.25, 0.3) is 0 Å². The van der Waals surface area contributed by atoms with E-state index in [4.69, 9.17) is 9.47 Å². The Morgan fingerprint density at radius 1 is 1.19 bits per heavy atom. The lowest BCUT2D eigenvalue weighted by molar-refractivity contribution is -0.153. The first-order chi connectivity index (χ1) is 12.3. The Bertz CT molecular complexity index is 941. The van der Waals surface area contributed by atoms with Crippen molar-refractivity contribution in [2.75, 3.05) is 20.0 Å². The number of aromatic amines is 1. The summed E-state index contributed by atoms with van der Waals surface area (Å²) in [5, 5.41) is 0.719. The first-order valence-corrected chi connectivity index (χ1v) is 8.82. The average Bonchev–Trinajstić information content (AvgIpc) is 3.03. The van der Waals surface area contributed by atoms with Crippen LogP contribution in [0.4, 0.5) is 13.2 Å². The van der Waals surface area contributed by atoms with E-state index in [1.807, 2.05) is 12.3 Å². The van der Waals surface area contributed by atoms with Gasteiger partial charge in [-0.3, -0.25) is 4.98 Å². The van der Waals surface area contributed by atoms with Crippen LogP contribution in [0.1, 0.15) is 5.56 Å². The highest BCUT2D eigenvalue weighted by atomic mass is 32.2. The predicted molar refractivity (Wildman–Crippen MR) is 93.9 cm³/mol. The molecular weight excluding hydrogens is 367 g/mol. The van der Waals surface area contributed by atoms with Gasteiger partial charge in [-0.05, 0) is 31.4 Å². The molecule has 2 heterocycles. The Labute approximate surface area is 151 Å². The zero-order valence-corrected chi connectivity index (χ0v) is 15.1. The molecule has 0 aliphatic carbocycles. The average molecular weight is 383 g/mol. The number of methoxy groups -OCH3 is 1. The van der Waals surface area contributed by atoms with Gasteiger partial charge in [0.15, 0.2) is 11.8 Å². The van der Waals surface area contributed by atoms with Crippen LogP contribution in [0.15, 0.2) is 29.6 Å². The molecule has 1 aromatic carbocycles. The molecule has 3 aromatic rings. The number of thioether (sulfide) groups is 1. The molecule has 0 fully saturated rings. The number of nitrogens with zero attached hydrogens (tertiary/aromatic N) is 2. The normalized spacial score (nSPS) is 11.8. The van der Waals surface area contributed by atoms with Crippen molar-refractivity contribution in [2.45, 2.75) is 18.3 Å². The number of aromatic nitrogens is 3. The highest BCUT2D eigenvalue weighted by Crippen LogP contribution is 2.39. The molecule has 9 heteroatoms. The summed E-state index contributed by atoms with van der Waals surface area (Å²) in [6.07, 6.45) is -1.11. The van der Waals surface area contributed by atoms with Gasteiger partial charge in [-0.25, -0.2) is 4.98 Å². The summed E-state index contributed by atoms with van der Waals surface area (Å²) in [5.41, 5.74) is 2.98. The van der Waals surface area contributed by atoms with Crippen molar-refractivity contribution >= 4 is 22.8 Å². The van der Waals surface area contributed by atoms with Gasteiger partial charge in [0.2, 0.25) is 0 Å². The zero-order valence-electron chi connectivity index (χ0n) is 14.3. The topological polar surface area (TPSA) is 60.0 Å². The monoisotopic (exact) mass is 383 g/mol. The van der Waals surface area contributed by atoms with Gasteiger partial charge in [0, 0.05) is 11.8 Å². The lowest BCUT2D eigenvalue weighted by atomic mass is 10.0. The molecule has 26 heavy (non-hydrogen) atoms. The summed E-state index contributed by atoms with van der Waals surface area (Å²) in [6, 6.07) is 5.02. The second-order valence-electron chi connectivity index (χ2n) is 5.47. The second kappa shape index (κ2) is 7.06. The Balaban J connectivity index is 2.15. The molecule has 0 amide bonds. The summed E-state index contributed by atoms with van der Waals surface area (Å²) in [7, 11) is 1.52. The number of nitrogens with one attached hydrogen (secondary N) is 1. The zero-order chi connectivity index (χ0) is 18.9. The van der Waals surface area contributed by atoms with Gasteiger partial charge in [-0.2, -0.15) is 13.2 Å². The first-order valence-electron chi connectivity index (χ1n) is 7.60. The van der Waals surface area contributed by atoms with E-state index in [1.54, 1.807) is 13.0 Å². The van der Waals surface area contributed by atoms with E-state index in [2.05, 4.69) is 15.0 Å². The summed E-state index contributed by atoms with van der Waals surface area (Å²) in [4.78, 5) is 12.1. The highest BCUT2D eigenvalue weighted by Gasteiger charge is 2.29. The van der Waals surface area contributed by atoms with Crippen LogP contribution in [0.2, 0.25) is 0 Å². The summed E-state index contributed by atoms with van der Waals surface area (Å²) in [5.74, 6) is 0.646. The molecular formula is C17H16F3N3O2S. The highest BCUT2D eigenvalue weighted by molar-refractivity contribution is 7.98. The Morgan fingerprint density at radius 2 is 1.96 bits per heavy atom. The molecule has 2 aromatic heterocycles. The van der Waals surface area contributed by atoms with E-state index in [-0.39, 0.29) is 5.75 Å². The van der Waals surface area contributed by atoms with Crippen molar-refractivity contribution in [2.24, 2.45) is 0 Å². The van der Waals surface area contributed by atoms with Crippen molar-refractivity contribution < 1.29 is 22.6 Å². The van der Waals surface area contributed by atoms with Crippen LogP contribution in [-0.4, -0.2) is 41.1 Å². The fraction of sp³-hybridized carbons (Fsp3) is 0.294. The number of pyridine rings is 1. The fourth-order valence-corrected chi connectivity index (χ4v) is 3.01. The minimum Gasteiger partial charge on any atom is -0.496 e. The molecule has 0 spiro atoms. The molecule has 0 saturated carbocycles. The number of halogens is 3. The largest absolute Gasteiger partial charge is 0.496 e. The van der Waals surface area contributed by atoms with Crippen LogP contribution in [0.25, 0.3) is 22.3 Å². The van der Waals surface area contributed by atoms with Crippen molar-refractivity contribution in [1.82, 2.24) is 15.0 Å². The third kappa shape index (κ3) is 3.57. The van der Waals surface area contributed by atoms with Crippen LogP contribution in [0.3, 0.4) is 0 Å². The molecule has 0 atom stereocenters. The first kappa shape index (κ1) is 18.4. The number of alkyl halides is 3. The van der Waals surface area contributed by atoms with Gasteiger partial charge in [-0.1, -0.05) is 11.8 Å². The number of hydrogen-bond acceptors (Lipinski definition) is 5. The molecule has 0 bridgehead atoms. The van der Waals surface area contributed by atoms with Gasteiger partial charge in [0.05, 0.1) is 23.9 Å². The van der Waals surface area contributed by atoms with Crippen molar-refractivity contribution in [3.63, 3.8) is 0 Å². The van der Waals surface area contributed by atoms with Crippen molar-refractivity contribution in [3.05, 3.63) is 30.0 Å². The maximum absolute atomic E-state index is 12.5. The van der Waals surface area contributed by atoms with E-state index in [0.717, 1.165) is 10.7 Å². The summed E-state index contributed by atoms with van der Waals surface area (Å²) < 4.78 is 47.8. The van der Waals surface area contributed by atoms with Crippen molar-refractivity contribution in [3.8, 4) is 22.8 Å². The quantitative estimate of drug-likeness (QED) is 0.652. The fourth-order valence-electron chi connectivity index (χ4n) is 2.62. The third-order valence-corrected chi connectivity index (χ3v) is 4.37. The van der Waals surface area contributed by atoms with Crippen molar-refractivity contribution in [1.29, 1.82) is 0 Å². The summed E-state index contributed by atoms with van der Waals surface area (Å²) >= 11 is 1.45. The molecule has 0 radical (unpaired) electrons. The summed E-state index contributed by atoms with van der Waals surface area (Å²) in [6.45, 7) is 0.298. The lowest BCUT2D eigenvalue weighted by Gasteiger charge is -2.15. The van der Waals surface area contributed by atoms with E-state index in [9.17, 15) is 13.2 Å². The maximum atomic E-state index is 12.5. The number of hydrogen-bond donors (Lipinski definition) is 1. The molecule has 138 valence electrons. The van der Waals surface area contributed by atoms with Gasteiger partial charge in [-0.15, -0.1) is 0 Å². The van der Waals surface area contributed by atoms with Gasteiger partial charge >= 0.3 is 6.18 Å². The standard InChI is InChI=1S/C17H16F3N3O2S/c1-9-11(25-8-17(18,19)20)6-7-21-14(9)13-12(24-2)5-4-10-15(13)23-16(22-10)26-3/h4-7H,8H2,1-3H3,(H,22,23). The lowest BCUT2D eigenvalue weighted by Crippen LogP contribution is -2.19. The third-order valence-electron chi connectivity index (χ3n) is 3.79. The van der Waals surface area contributed by atoms with E-state index >= 15 is 0 Å². The molecule has 0 unspecified atom stereocenters. The van der Waals surface area contributed by atoms with Crippen LogP contribution in [0.5, 0.6) is 11.5 Å². The van der Waals surface area contributed by atoms with Gasteiger partial charge < -0.3 is 14.5 Å². The molecule has 0 saturated heterocycles. The number of ether oxygens (including phenoxy) is 2. The van der Waals surface area contributed by atoms with Crippen LogP contribution < -0.4 is 9.47 Å². The second-order valence-corrected chi connectivity index (χ2v) is 6.27. The number of H-pyrrole nitrogens is 1. The molecule has 0 aliphatic heterocycles. The number of benzene rings is 1. The minimum atomic E-state index is -4.41. The number of imidazole rings is 1. The Morgan fingerprint density at radius 3 is 2.62 bits per heavy atom. The Kier molecular flexibility index (Phi) is 4.99. The smallest absolute Gasteiger partial charge is 0.422 e. The molecule has 5 nitrogen and oxygen atoms in total. The van der Waals surface area contributed by atoms with Crippen LogP contribution in [-0.2, 0) is 0 Å². The van der Waals surface area contributed by atoms with E-state index in [0.29, 0.717) is 28.1 Å². The number of fused-ring (bicyclic) bond motifs is 1. The Hall–Kier alpha value is -2.42. The van der Waals surface area contributed by atoms with E-state index in [1.165, 1.54) is 31.1 Å². The van der Waals surface area contributed by atoms with Crippen LogP contribution >= 0.6 is 11.8 Å². The molecule has 0 aliphatic rings. The predicted octanol–water partition coefficient (Wildman–Crippen LogP) is 4.60. The minimum absolute atomic E-state index is 0.118. The van der Waals surface area contributed by atoms with E-state index < -0.39 is 12.8 Å². The molecule has 3 rings (SSSR count). The maximum Gasteiger partial charge on any atom is 0.422 e. The number of rotatable bonds is 5. The molecule has 1 N–H and O–H groups in total.